The van der Waals surface area contributed by atoms with Crippen molar-refractivity contribution in [2.75, 3.05) is 6.26 Å². The van der Waals surface area contributed by atoms with Gasteiger partial charge in [0.2, 0.25) is 0 Å². The molecule has 0 aliphatic rings. The van der Waals surface area contributed by atoms with Crippen molar-refractivity contribution in [1.29, 1.82) is 0 Å². The van der Waals surface area contributed by atoms with Crippen LogP contribution in [0.2, 0.25) is 0 Å². The third kappa shape index (κ3) is 2.12. The standard InChI is InChI=1S/C10H11BrN2O2S/c1-6(16(2,14)15)10-12-8-4-3-7(11)5-9(8)13-10/h3-6H,1-2H3,(H,12,13). The number of aromatic amines is 1. The van der Waals surface area contributed by atoms with Crippen molar-refractivity contribution in [3.8, 4) is 0 Å². The van der Waals surface area contributed by atoms with Crippen molar-refractivity contribution in [2.24, 2.45) is 0 Å². The maximum absolute atomic E-state index is 11.4. The average Bonchev–Trinajstić information content (AvgIpc) is 2.57. The second kappa shape index (κ2) is 3.85. The first kappa shape index (κ1) is 11.6. The van der Waals surface area contributed by atoms with Gasteiger partial charge in [-0.05, 0) is 25.1 Å². The zero-order valence-electron chi connectivity index (χ0n) is 8.86. The van der Waals surface area contributed by atoms with Gasteiger partial charge >= 0.3 is 0 Å². The molecule has 0 spiro atoms. The molecule has 1 aromatic heterocycles. The Morgan fingerprint density at radius 1 is 1.44 bits per heavy atom. The molecular weight excluding hydrogens is 292 g/mol. The zero-order valence-corrected chi connectivity index (χ0v) is 11.3. The summed E-state index contributed by atoms with van der Waals surface area (Å²) in [6, 6.07) is 5.59. The van der Waals surface area contributed by atoms with E-state index in [2.05, 4.69) is 25.9 Å². The van der Waals surface area contributed by atoms with Crippen molar-refractivity contribution in [1.82, 2.24) is 9.97 Å². The number of rotatable bonds is 2. The average molecular weight is 303 g/mol. The van der Waals surface area contributed by atoms with Gasteiger partial charge < -0.3 is 4.98 Å². The highest BCUT2D eigenvalue weighted by Crippen LogP contribution is 2.23. The molecule has 16 heavy (non-hydrogen) atoms. The number of imidazole rings is 1. The van der Waals surface area contributed by atoms with Gasteiger partial charge in [-0.3, -0.25) is 0 Å². The van der Waals surface area contributed by atoms with E-state index < -0.39 is 15.1 Å². The van der Waals surface area contributed by atoms with Crippen LogP contribution in [0.5, 0.6) is 0 Å². The van der Waals surface area contributed by atoms with Gasteiger partial charge in [0.25, 0.3) is 0 Å². The van der Waals surface area contributed by atoms with E-state index in [1.165, 1.54) is 6.26 Å². The summed E-state index contributed by atoms with van der Waals surface area (Å²) in [6.45, 7) is 1.63. The fourth-order valence-electron chi connectivity index (χ4n) is 1.40. The van der Waals surface area contributed by atoms with Gasteiger partial charge in [0.15, 0.2) is 9.84 Å². The van der Waals surface area contributed by atoms with Crippen LogP contribution < -0.4 is 0 Å². The Bertz CT molecular complexity index is 633. The Morgan fingerprint density at radius 3 is 2.75 bits per heavy atom. The van der Waals surface area contributed by atoms with E-state index in [4.69, 9.17) is 0 Å². The van der Waals surface area contributed by atoms with Crippen LogP contribution in [0.25, 0.3) is 11.0 Å². The van der Waals surface area contributed by atoms with Crippen LogP contribution >= 0.6 is 15.9 Å². The van der Waals surface area contributed by atoms with E-state index in [1.54, 1.807) is 6.92 Å². The number of nitrogens with zero attached hydrogens (tertiary/aromatic N) is 1. The minimum Gasteiger partial charge on any atom is -0.341 e. The lowest BCUT2D eigenvalue weighted by molar-refractivity contribution is 0.590. The molecule has 0 radical (unpaired) electrons. The summed E-state index contributed by atoms with van der Waals surface area (Å²) in [6.07, 6.45) is 1.21. The van der Waals surface area contributed by atoms with E-state index in [1.807, 2.05) is 18.2 Å². The first-order chi connectivity index (χ1) is 7.38. The Morgan fingerprint density at radius 2 is 2.12 bits per heavy atom. The van der Waals surface area contributed by atoms with Gasteiger partial charge in [0.05, 0.1) is 11.0 Å². The van der Waals surface area contributed by atoms with Crippen molar-refractivity contribution < 1.29 is 8.42 Å². The molecule has 0 saturated carbocycles. The maximum Gasteiger partial charge on any atom is 0.157 e. The summed E-state index contributed by atoms with van der Waals surface area (Å²) >= 11 is 3.35. The van der Waals surface area contributed by atoms with Crippen LogP contribution in [0.1, 0.15) is 18.0 Å². The second-order valence-corrected chi connectivity index (χ2v) is 7.04. The number of H-pyrrole nitrogens is 1. The Balaban J connectivity index is 2.56. The monoisotopic (exact) mass is 302 g/mol. The number of hydrogen-bond donors (Lipinski definition) is 1. The normalized spacial score (nSPS) is 14.2. The third-order valence-electron chi connectivity index (χ3n) is 2.49. The lowest BCUT2D eigenvalue weighted by atomic mass is 10.3. The number of sulfone groups is 1. The molecule has 0 aliphatic heterocycles. The minimum absolute atomic E-state index is 0.482. The molecule has 0 aliphatic carbocycles. The maximum atomic E-state index is 11.4. The number of halogens is 1. The van der Waals surface area contributed by atoms with E-state index in [0.717, 1.165) is 15.5 Å². The molecule has 0 bridgehead atoms. The molecule has 0 fully saturated rings. The predicted octanol–water partition coefficient (Wildman–Crippen LogP) is 2.43. The quantitative estimate of drug-likeness (QED) is 0.927. The second-order valence-electron chi connectivity index (χ2n) is 3.76. The summed E-state index contributed by atoms with van der Waals surface area (Å²) in [5.74, 6) is 0.482. The van der Waals surface area contributed by atoms with Crippen LogP contribution in [-0.4, -0.2) is 24.6 Å². The van der Waals surface area contributed by atoms with Gasteiger partial charge in [-0.1, -0.05) is 15.9 Å². The molecule has 2 aromatic rings. The van der Waals surface area contributed by atoms with Crippen LogP contribution in [-0.2, 0) is 9.84 Å². The highest BCUT2D eigenvalue weighted by molar-refractivity contribution is 9.10. The largest absolute Gasteiger partial charge is 0.341 e. The number of benzene rings is 1. The topological polar surface area (TPSA) is 62.8 Å². The van der Waals surface area contributed by atoms with Gasteiger partial charge in [0.1, 0.15) is 11.1 Å². The molecule has 2 rings (SSSR count). The minimum atomic E-state index is -3.12. The van der Waals surface area contributed by atoms with Crippen LogP contribution in [0.3, 0.4) is 0 Å². The number of nitrogens with one attached hydrogen (secondary N) is 1. The highest BCUT2D eigenvalue weighted by Gasteiger charge is 2.20. The van der Waals surface area contributed by atoms with Crippen molar-refractivity contribution in [2.45, 2.75) is 12.2 Å². The number of hydrogen-bond acceptors (Lipinski definition) is 3. The molecule has 1 heterocycles. The van der Waals surface area contributed by atoms with Crippen LogP contribution in [0.15, 0.2) is 22.7 Å². The fourth-order valence-corrected chi connectivity index (χ4v) is 2.28. The van der Waals surface area contributed by atoms with E-state index >= 15 is 0 Å². The van der Waals surface area contributed by atoms with Crippen molar-refractivity contribution in [3.63, 3.8) is 0 Å². The molecule has 0 saturated heterocycles. The lowest BCUT2D eigenvalue weighted by Crippen LogP contribution is -2.09. The molecular formula is C10H11BrN2O2S. The Hall–Kier alpha value is -0.880. The first-order valence-electron chi connectivity index (χ1n) is 4.72. The van der Waals surface area contributed by atoms with Gasteiger partial charge in [-0.15, -0.1) is 0 Å². The summed E-state index contributed by atoms with van der Waals surface area (Å²) in [5, 5.41) is -0.612. The van der Waals surface area contributed by atoms with Gasteiger partial charge in [-0.2, -0.15) is 0 Å². The van der Waals surface area contributed by atoms with Gasteiger partial charge in [0, 0.05) is 10.7 Å². The van der Waals surface area contributed by atoms with E-state index in [9.17, 15) is 8.42 Å². The molecule has 4 nitrogen and oxygen atoms in total. The molecule has 1 unspecified atom stereocenters. The van der Waals surface area contributed by atoms with Crippen molar-refractivity contribution in [3.05, 3.63) is 28.5 Å². The fraction of sp³-hybridized carbons (Fsp3) is 0.300. The first-order valence-corrected chi connectivity index (χ1v) is 7.47. The third-order valence-corrected chi connectivity index (χ3v) is 4.49. The Labute approximate surface area is 102 Å². The molecule has 1 atom stereocenters. The SMILES string of the molecule is CC(c1nc2ccc(Br)cc2[nH]1)S(C)(=O)=O. The smallest absolute Gasteiger partial charge is 0.157 e. The van der Waals surface area contributed by atoms with Crippen molar-refractivity contribution >= 4 is 36.8 Å². The summed E-state index contributed by atoms with van der Waals surface area (Å²) in [5.41, 5.74) is 1.61. The molecule has 1 aromatic carbocycles. The molecule has 1 N–H and O–H groups in total. The van der Waals surface area contributed by atoms with Crippen LogP contribution in [0, 0.1) is 0 Å². The predicted molar refractivity (Wildman–Crippen MR) is 67.1 cm³/mol. The van der Waals surface area contributed by atoms with Gasteiger partial charge in [-0.25, -0.2) is 13.4 Å². The summed E-state index contributed by atoms with van der Waals surface area (Å²) < 4.78 is 23.7. The van der Waals surface area contributed by atoms with Crippen LogP contribution in [0.4, 0.5) is 0 Å². The molecule has 86 valence electrons. The van der Waals surface area contributed by atoms with E-state index in [0.29, 0.717) is 5.82 Å². The summed E-state index contributed by atoms with van der Waals surface area (Å²) in [7, 11) is -3.12. The number of fused-ring (bicyclic) bond motifs is 1. The molecule has 0 amide bonds. The molecule has 6 heteroatoms. The van der Waals surface area contributed by atoms with E-state index in [-0.39, 0.29) is 0 Å². The summed E-state index contributed by atoms with van der Waals surface area (Å²) in [4.78, 5) is 7.29. The Kier molecular flexibility index (Phi) is 2.79. The lowest BCUT2D eigenvalue weighted by Gasteiger charge is -2.04. The highest BCUT2D eigenvalue weighted by atomic mass is 79.9. The zero-order chi connectivity index (χ0) is 11.9. The number of aromatic nitrogens is 2.